The average Bonchev–Trinajstić information content (AvgIpc) is 2.48. The van der Waals surface area contributed by atoms with E-state index in [0.29, 0.717) is 0 Å². The van der Waals surface area contributed by atoms with Crippen LogP contribution in [0.5, 0.6) is 5.75 Å². The maximum Gasteiger partial charge on any atom is 0.242 e. The van der Waals surface area contributed by atoms with Crippen molar-refractivity contribution < 1.29 is 27.1 Å². The molecule has 0 aliphatic carbocycles. The predicted molar refractivity (Wildman–Crippen MR) is 82.8 cm³/mol. The summed E-state index contributed by atoms with van der Waals surface area (Å²) in [4.78, 5) is 10.6. The Morgan fingerprint density at radius 1 is 1.29 bits per heavy atom. The molecule has 0 aliphatic heterocycles. The van der Waals surface area contributed by atoms with Gasteiger partial charge in [-0.15, -0.1) is 0 Å². The molecule has 2 aromatic rings. The van der Waals surface area contributed by atoms with Gasteiger partial charge in [0.2, 0.25) is 22.2 Å². The van der Waals surface area contributed by atoms with Crippen molar-refractivity contribution in [3.05, 3.63) is 48.0 Å². The second-order valence-corrected chi connectivity index (χ2v) is 6.93. The van der Waals surface area contributed by atoms with Crippen LogP contribution < -0.4 is 5.32 Å². The fourth-order valence-corrected chi connectivity index (χ4v) is 3.37. The van der Waals surface area contributed by atoms with E-state index in [1.54, 1.807) is 0 Å². The number of phenolic OH excluding ortho intramolecular Hbond substituents is 1. The number of alkyl halides is 2. The van der Waals surface area contributed by atoms with Gasteiger partial charge in [0.25, 0.3) is 0 Å². The number of halogens is 2. The van der Waals surface area contributed by atoms with Crippen molar-refractivity contribution >= 4 is 21.4 Å². The molecule has 0 saturated carbocycles. The van der Waals surface area contributed by atoms with E-state index in [1.165, 1.54) is 25.1 Å². The van der Waals surface area contributed by atoms with E-state index >= 15 is 0 Å². The van der Waals surface area contributed by atoms with Crippen LogP contribution >= 0.6 is 0 Å². The van der Waals surface area contributed by atoms with Crippen LogP contribution in [-0.4, -0.2) is 25.9 Å². The van der Waals surface area contributed by atoms with Gasteiger partial charge >= 0.3 is 0 Å². The lowest BCUT2D eigenvalue weighted by Gasteiger charge is -2.10. The molecule has 2 N–H and O–H groups in total. The number of aromatic hydroxyl groups is 1. The highest BCUT2D eigenvalue weighted by Gasteiger charge is 2.21. The molecule has 0 heterocycles. The SMILES string of the molecule is CC(=O)Nc1cc[c]c(S(=O)(=O)c2ccc(O)c(CC(F)F)c2)c1. The number of benzene rings is 2. The maximum atomic E-state index is 12.6. The number of carbonyl (C=O) groups excluding carboxylic acids is 1. The van der Waals surface area contributed by atoms with Gasteiger partial charge in [0.05, 0.1) is 9.79 Å². The Balaban J connectivity index is 2.45. The first-order valence-electron chi connectivity index (χ1n) is 6.84. The van der Waals surface area contributed by atoms with Crippen molar-refractivity contribution in [2.75, 3.05) is 5.32 Å². The Morgan fingerprint density at radius 2 is 2.00 bits per heavy atom. The molecule has 5 nitrogen and oxygen atoms in total. The fraction of sp³-hybridized carbons (Fsp3) is 0.188. The maximum absolute atomic E-state index is 12.6. The van der Waals surface area contributed by atoms with Crippen molar-refractivity contribution in [1.82, 2.24) is 0 Å². The van der Waals surface area contributed by atoms with Gasteiger partial charge in [-0.25, -0.2) is 17.2 Å². The van der Waals surface area contributed by atoms with Crippen LogP contribution in [0.4, 0.5) is 14.5 Å². The number of nitrogens with one attached hydrogen (secondary N) is 1. The highest BCUT2D eigenvalue weighted by molar-refractivity contribution is 7.91. The zero-order valence-corrected chi connectivity index (χ0v) is 13.4. The summed E-state index contributed by atoms with van der Waals surface area (Å²) in [5.41, 5.74) is 0.107. The summed E-state index contributed by atoms with van der Waals surface area (Å²) in [6, 6.07) is 9.76. The van der Waals surface area contributed by atoms with Crippen LogP contribution in [0.1, 0.15) is 12.5 Å². The Labute approximate surface area is 137 Å². The molecule has 0 unspecified atom stereocenters. The minimum atomic E-state index is -4.04. The second-order valence-electron chi connectivity index (χ2n) is 5.01. The van der Waals surface area contributed by atoms with Crippen LogP contribution in [0.25, 0.3) is 0 Å². The molecule has 0 saturated heterocycles. The van der Waals surface area contributed by atoms with Gasteiger partial charge in [-0.05, 0) is 30.3 Å². The number of hydrogen-bond acceptors (Lipinski definition) is 4. The van der Waals surface area contributed by atoms with E-state index in [-0.39, 0.29) is 26.9 Å². The van der Waals surface area contributed by atoms with Crippen LogP contribution in [0.2, 0.25) is 0 Å². The standard InChI is InChI=1S/C16H14F2NO4S/c1-10(20)19-12-3-2-4-13(9-12)24(22,23)14-5-6-15(21)11(7-14)8-16(17)18/h2-3,5-7,9,16,21H,8H2,1H3,(H,19,20). The van der Waals surface area contributed by atoms with Crippen molar-refractivity contribution in [1.29, 1.82) is 0 Å². The smallest absolute Gasteiger partial charge is 0.242 e. The van der Waals surface area contributed by atoms with Crippen molar-refractivity contribution in [3.63, 3.8) is 0 Å². The summed E-state index contributed by atoms with van der Waals surface area (Å²) in [5.74, 6) is -0.765. The van der Waals surface area contributed by atoms with E-state index in [2.05, 4.69) is 11.4 Å². The first-order chi connectivity index (χ1) is 11.2. The van der Waals surface area contributed by atoms with E-state index < -0.39 is 28.4 Å². The fourth-order valence-electron chi connectivity index (χ4n) is 2.07. The second kappa shape index (κ2) is 6.96. The first-order valence-corrected chi connectivity index (χ1v) is 8.33. The normalized spacial score (nSPS) is 11.5. The summed E-state index contributed by atoms with van der Waals surface area (Å²) in [5, 5.41) is 12.0. The van der Waals surface area contributed by atoms with Gasteiger partial charge < -0.3 is 10.4 Å². The monoisotopic (exact) mass is 354 g/mol. The van der Waals surface area contributed by atoms with E-state index in [9.17, 15) is 27.1 Å². The lowest BCUT2D eigenvalue weighted by molar-refractivity contribution is -0.114. The summed E-state index contributed by atoms with van der Waals surface area (Å²) < 4.78 is 50.3. The molecule has 0 aromatic heterocycles. The molecule has 8 heteroatoms. The number of carbonyl (C=O) groups is 1. The van der Waals surface area contributed by atoms with Crippen LogP contribution in [-0.2, 0) is 21.1 Å². The Morgan fingerprint density at radius 3 is 2.62 bits per heavy atom. The summed E-state index contributed by atoms with van der Waals surface area (Å²) in [6.07, 6.45) is -3.48. The topological polar surface area (TPSA) is 83.5 Å². The van der Waals surface area contributed by atoms with Gasteiger partial charge in [-0.1, -0.05) is 6.07 Å². The molecule has 24 heavy (non-hydrogen) atoms. The molecule has 2 rings (SSSR count). The Hall–Kier alpha value is -2.48. The molecule has 0 atom stereocenters. The van der Waals surface area contributed by atoms with E-state index in [0.717, 1.165) is 18.2 Å². The van der Waals surface area contributed by atoms with E-state index in [4.69, 9.17) is 0 Å². The largest absolute Gasteiger partial charge is 0.508 e. The van der Waals surface area contributed by atoms with E-state index in [1.807, 2.05) is 0 Å². The molecule has 1 amide bonds. The highest BCUT2D eigenvalue weighted by atomic mass is 32.2. The van der Waals surface area contributed by atoms with Gasteiger partial charge in [-0.3, -0.25) is 4.79 Å². The van der Waals surface area contributed by atoms with Gasteiger partial charge in [0.15, 0.2) is 0 Å². The predicted octanol–water partition coefficient (Wildman–Crippen LogP) is 2.79. The third kappa shape index (κ3) is 4.08. The first kappa shape index (κ1) is 17.9. The lowest BCUT2D eigenvalue weighted by Crippen LogP contribution is -2.08. The molecule has 0 aliphatic rings. The number of sulfone groups is 1. The molecule has 0 fully saturated rings. The third-order valence-electron chi connectivity index (χ3n) is 3.12. The van der Waals surface area contributed by atoms with Crippen LogP contribution in [0.3, 0.4) is 0 Å². The quantitative estimate of drug-likeness (QED) is 0.865. The summed E-state index contributed by atoms with van der Waals surface area (Å²) >= 11 is 0. The van der Waals surface area contributed by atoms with Crippen molar-refractivity contribution in [2.45, 2.75) is 29.6 Å². The molecule has 0 spiro atoms. The summed E-state index contributed by atoms with van der Waals surface area (Å²) in [6.45, 7) is 1.28. The molecule has 2 aromatic carbocycles. The molecular formula is C16H14F2NO4S. The Bertz CT molecular complexity index is 866. The number of anilines is 1. The number of phenols is 1. The van der Waals surface area contributed by atoms with Crippen LogP contribution in [0.15, 0.2) is 46.2 Å². The van der Waals surface area contributed by atoms with Gasteiger partial charge in [0.1, 0.15) is 5.75 Å². The highest BCUT2D eigenvalue weighted by Crippen LogP contribution is 2.28. The lowest BCUT2D eigenvalue weighted by atomic mass is 10.1. The zero-order chi connectivity index (χ0) is 17.9. The molecule has 0 bridgehead atoms. The third-order valence-corrected chi connectivity index (χ3v) is 4.81. The minimum absolute atomic E-state index is 0.163. The average molecular weight is 354 g/mol. The number of hydrogen-bond donors (Lipinski definition) is 2. The minimum Gasteiger partial charge on any atom is -0.508 e. The van der Waals surface area contributed by atoms with Crippen molar-refractivity contribution in [2.24, 2.45) is 0 Å². The summed E-state index contributed by atoms with van der Waals surface area (Å²) in [7, 11) is -4.04. The number of amides is 1. The van der Waals surface area contributed by atoms with Gasteiger partial charge in [0, 0.05) is 30.7 Å². The van der Waals surface area contributed by atoms with Crippen LogP contribution in [0, 0.1) is 6.07 Å². The van der Waals surface area contributed by atoms with Crippen molar-refractivity contribution in [3.8, 4) is 5.75 Å². The molecule has 1 radical (unpaired) electrons. The molecule has 127 valence electrons. The number of rotatable bonds is 5. The Kier molecular flexibility index (Phi) is 5.18. The molecular weight excluding hydrogens is 340 g/mol. The zero-order valence-electron chi connectivity index (χ0n) is 12.6. The van der Waals surface area contributed by atoms with Gasteiger partial charge in [-0.2, -0.15) is 0 Å².